The van der Waals surface area contributed by atoms with Crippen molar-refractivity contribution in [3.63, 3.8) is 0 Å². The van der Waals surface area contributed by atoms with Crippen LogP contribution in [0.2, 0.25) is 0 Å². The number of hydrogen-bond acceptors (Lipinski definition) is 4. The predicted octanol–water partition coefficient (Wildman–Crippen LogP) is 2.15. The zero-order valence-electron chi connectivity index (χ0n) is 11.6. The van der Waals surface area contributed by atoms with Crippen LogP contribution in [0.1, 0.15) is 29.4 Å². The molecule has 106 valence electrons. The van der Waals surface area contributed by atoms with Crippen LogP contribution in [-0.2, 0) is 5.72 Å². The molecule has 1 aliphatic rings. The molecule has 1 aromatic heterocycles. The minimum absolute atomic E-state index is 0.255. The first kappa shape index (κ1) is 13.5. The second kappa shape index (κ2) is 5.10. The summed E-state index contributed by atoms with van der Waals surface area (Å²) in [5, 5.41) is 16.3. The molecule has 1 aliphatic heterocycles. The number of amides is 1. The van der Waals surface area contributed by atoms with Gasteiger partial charge in [0.25, 0.3) is 5.91 Å². The molecule has 2 aromatic rings. The van der Waals surface area contributed by atoms with Crippen molar-refractivity contribution >= 4 is 11.6 Å². The number of hydrazone groups is 1. The van der Waals surface area contributed by atoms with Crippen molar-refractivity contribution in [1.29, 1.82) is 0 Å². The van der Waals surface area contributed by atoms with E-state index >= 15 is 0 Å². The van der Waals surface area contributed by atoms with Crippen LogP contribution < -0.4 is 0 Å². The van der Waals surface area contributed by atoms with Crippen molar-refractivity contribution < 1.29 is 9.90 Å². The van der Waals surface area contributed by atoms with E-state index < -0.39 is 11.6 Å². The Kier molecular flexibility index (Phi) is 3.27. The lowest BCUT2D eigenvalue weighted by Crippen LogP contribution is -2.43. The number of hydrogen-bond donors (Lipinski definition) is 1. The highest BCUT2D eigenvalue weighted by Crippen LogP contribution is 2.35. The number of nitrogens with zero attached hydrogens (tertiary/aromatic N) is 3. The van der Waals surface area contributed by atoms with E-state index in [0.29, 0.717) is 11.3 Å². The van der Waals surface area contributed by atoms with Crippen molar-refractivity contribution in [1.82, 2.24) is 9.99 Å². The molecular weight excluding hydrogens is 266 g/mol. The van der Waals surface area contributed by atoms with Crippen LogP contribution in [0.25, 0.3) is 0 Å². The summed E-state index contributed by atoms with van der Waals surface area (Å²) in [6, 6.07) is 14.2. The number of aliphatic hydroxyl groups is 1. The van der Waals surface area contributed by atoms with Gasteiger partial charge in [0.15, 0.2) is 5.72 Å². The summed E-state index contributed by atoms with van der Waals surface area (Å²) in [4.78, 5) is 16.6. The Bertz CT molecular complexity index is 685. The first-order valence-electron chi connectivity index (χ1n) is 6.69. The fourth-order valence-corrected chi connectivity index (χ4v) is 2.46. The van der Waals surface area contributed by atoms with Gasteiger partial charge in [0, 0.05) is 23.9 Å². The monoisotopic (exact) mass is 281 g/mol. The number of benzene rings is 1. The molecular formula is C16H15N3O2. The number of rotatable bonds is 2. The highest BCUT2D eigenvalue weighted by atomic mass is 16.3. The summed E-state index contributed by atoms with van der Waals surface area (Å²) >= 11 is 0. The fraction of sp³-hybridized carbons (Fsp3) is 0.188. The minimum atomic E-state index is -1.46. The van der Waals surface area contributed by atoms with Gasteiger partial charge in [-0.25, -0.2) is 0 Å². The van der Waals surface area contributed by atoms with Gasteiger partial charge in [-0.1, -0.05) is 36.4 Å². The van der Waals surface area contributed by atoms with Gasteiger partial charge in [0.1, 0.15) is 5.69 Å². The molecule has 1 N–H and O–H groups in total. The largest absolute Gasteiger partial charge is 0.365 e. The molecule has 1 aromatic carbocycles. The Morgan fingerprint density at radius 2 is 1.90 bits per heavy atom. The number of pyridine rings is 1. The van der Waals surface area contributed by atoms with Crippen LogP contribution in [0.4, 0.5) is 0 Å². The molecule has 0 aliphatic carbocycles. The third-order valence-corrected chi connectivity index (χ3v) is 3.44. The van der Waals surface area contributed by atoms with Crippen LogP contribution in [0.3, 0.4) is 0 Å². The quantitative estimate of drug-likeness (QED) is 0.917. The van der Waals surface area contributed by atoms with Crippen LogP contribution in [0.15, 0.2) is 59.8 Å². The van der Waals surface area contributed by atoms with Crippen LogP contribution in [0.5, 0.6) is 0 Å². The van der Waals surface area contributed by atoms with Gasteiger partial charge in [0.2, 0.25) is 0 Å². The summed E-state index contributed by atoms with van der Waals surface area (Å²) in [6.07, 6.45) is 1.83. The molecule has 3 rings (SSSR count). The van der Waals surface area contributed by atoms with Crippen molar-refractivity contribution in [2.75, 3.05) is 0 Å². The third-order valence-electron chi connectivity index (χ3n) is 3.44. The third kappa shape index (κ3) is 2.32. The highest BCUT2D eigenvalue weighted by molar-refractivity contribution is 5.96. The molecule has 0 saturated carbocycles. The lowest BCUT2D eigenvalue weighted by molar-refractivity contribution is -0.0767. The van der Waals surface area contributed by atoms with E-state index in [1.807, 2.05) is 18.2 Å². The number of carbonyl (C=O) groups is 1. The second-order valence-corrected chi connectivity index (χ2v) is 5.03. The summed E-state index contributed by atoms with van der Waals surface area (Å²) in [5.74, 6) is -0.418. The van der Waals surface area contributed by atoms with E-state index in [2.05, 4.69) is 10.1 Å². The summed E-state index contributed by atoms with van der Waals surface area (Å²) in [7, 11) is 0. The first-order chi connectivity index (χ1) is 10.1. The second-order valence-electron chi connectivity index (χ2n) is 5.03. The summed E-state index contributed by atoms with van der Waals surface area (Å²) in [6.45, 7) is 1.79. The molecule has 5 heteroatoms. The first-order valence-corrected chi connectivity index (χ1v) is 6.69. The predicted molar refractivity (Wildman–Crippen MR) is 78.5 cm³/mol. The smallest absolute Gasteiger partial charge is 0.295 e. The van der Waals surface area contributed by atoms with Crippen molar-refractivity contribution in [3.05, 3.63) is 66.0 Å². The van der Waals surface area contributed by atoms with E-state index in [0.717, 1.165) is 5.01 Å². The van der Waals surface area contributed by atoms with Crippen molar-refractivity contribution in [3.8, 4) is 0 Å². The molecule has 1 unspecified atom stereocenters. The van der Waals surface area contributed by atoms with Gasteiger partial charge in [-0.05, 0) is 19.1 Å². The zero-order chi connectivity index (χ0) is 14.9. The summed E-state index contributed by atoms with van der Waals surface area (Å²) < 4.78 is 0. The van der Waals surface area contributed by atoms with E-state index in [9.17, 15) is 9.90 Å². The molecule has 5 nitrogen and oxygen atoms in total. The van der Waals surface area contributed by atoms with Crippen molar-refractivity contribution in [2.45, 2.75) is 19.1 Å². The Balaban J connectivity index is 2.01. The topological polar surface area (TPSA) is 65.8 Å². The normalized spacial score (nSPS) is 21.2. The maximum Gasteiger partial charge on any atom is 0.295 e. The molecule has 0 spiro atoms. The Morgan fingerprint density at radius 3 is 2.57 bits per heavy atom. The molecule has 1 atom stereocenters. The van der Waals surface area contributed by atoms with E-state index in [1.54, 1.807) is 43.5 Å². The van der Waals surface area contributed by atoms with Gasteiger partial charge in [0.05, 0.1) is 0 Å². The molecule has 2 heterocycles. The highest BCUT2D eigenvalue weighted by Gasteiger charge is 2.45. The van der Waals surface area contributed by atoms with E-state index in [-0.39, 0.29) is 12.1 Å². The van der Waals surface area contributed by atoms with Gasteiger partial charge in [-0.3, -0.25) is 9.78 Å². The zero-order valence-corrected chi connectivity index (χ0v) is 11.6. The fourth-order valence-electron chi connectivity index (χ4n) is 2.46. The molecule has 0 fully saturated rings. The standard InChI is InChI=1S/C16H15N3O2/c1-12-11-16(21,13-7-3-2-4-8-13)19(18-12)15(20)14-9-5-6-10-17-14/h2-10,21H,11H2,1H3. The molecule has 0 radical (unpaired) electrons. The average Bonchev–Trinajstić information content (AvgIpc) is 2.84. The van der Waals surface area contributed by atoms with Crippen LogP contribution in [0, 0.1) is 0 Å². The number of aromatic nitrogens is 1. The SMILES string of the molecule is CC1=NN(C(=O)c2ccccn2)C(O)(c2ccccc2)C1. The van der Waals surface area contributed by atoms with Gasteiger partial charge in [-0.2, -0.15) is 10.1 Å². The maximum atomic E-state index is 12.6. The van der Waals surface area contributed by atoms with Gasteiger partial charge < -0.3 is 5.11 Å². The average molecular weight is 281 g/mol. The van der Waals surface area contributed by atoms with Crippen LogP contribution in [-0.4, -0.2) is 26.7 Å². The van der Waals surface area contributed by atoms with Gasteiger partial charge >= 0.3 is 0 Å². The van der Waals surface area contributed by atoms with E-state index in [1.165, 1.54) is 0 Å². The minimum Gasteiger partial charge on any atom is -0.365 e. The molecule has 0 saturated heterocycles. The number of carbonyl (C=O) groups excluding carboxylic acids is 1. The van der Waals surface area contributed by atoms with Crippen molar-refractivity contribution in [2.24, 2.45) is 5.10 Å². The van der Waals surface area contributed by atoms with Crippen LogP contribution >= 0.6 is 0 Å². The summed E-state index contributed by atoms with van der Waals surface area (Å²) in [5.41, 5.74) is 0.130. The van der Waals surface area contributed by atoms with Gasteiger partial charge in [-0.15, -0.1) is 0 Å². The lowest BCUT2D eigenvalue weighted by Gasteiger charge is -2.31. The van der Waals surface area contributed by atoms with E-state index in [4.69, 9.17) is 0 Å². The molecule has 1 amide bonds. The molecule has 0 bridgehead atoms. The Hall–Kier alpha value is -2.53. The Labute approximate surface area is 122 Å². The Morgan fingerprint density at radius 1 is 1.19 bits per heavy atom. The molecule has 21 heavy (non-hydrogen) atoms. The maximum absolute atomic E-state index is 12.6. The lowest BCUT2D eigenvalue weighted by atomic mass is 9.97.